The van der Waals surface area contributed by atoms with E-state index in [0.29, 0.717) is 5.92 Å². The number of piperazine rings is 1. The van der Waals surface area contributed by atoms with Gasteiger partial charge in [-0.25, -0.2) is 0 Å². The number of rotatable bonds is 4. The minimum absolute atomic E-state index is 0.609. The van der Waals surface area contributed by atoms with Gasteiger partial charge in [-0.15, -0.1) is 0 Å². The molecule has 0 aliphatic carbocycles. The van der Waals surface area contributed by atoms with E-state index in [9.17, 15) is 0 Å². The van der Waals surface area contributed by atoms with Gasteiger partial charge in [0.1, 0.15) is 0 Å². The summed E-state index contributed by atoms with van der Waals surface area (Å²) in [6.07, 6.45) is 4.49. The molecule has 2 aromatic carbocycles. The summed E-state index contributed by atoms with van der Waals surface area (Å²) in [5.74, 6) is 0.609. The van der Waals surface area contributed by atoms with Crippen molar-refractivity contribution in [2.45, 2.75) is 6.92 Å². The molecule has 3 nitrogen and oxygen atoms in total. The maximum atomic E-state index is 3.44. The summed E-state index contributed by atoms with van der Waals surface area (Å²) < 4.78 is 0. The zero-order chi connectivity index (χ0) is 17.1. The second-order valence-corrected chi connectivity index (χ2v) is 7.22. The maximum Gasteiger partial charge on any atom is 0.0484 e. The van der Waals surface area contributed by atoms with Gasteiger partial charge in [0.15, 0.2) is 0 Å². The van der Waals surface area contributed by atoms with Gasteiger partial charge in [0.25, 0.3) is 0 Å². The van der Waals surface area contributed by atoms with E-state index in [-0.39, 0.29) is 0 Å². The van der Waals surface area contributed by atoms with Crippen LogP contribution in [0.1, 0.15) is 18.1 Å². The Morgan fingerprint density at radius 2 is 1.40 bits per heavy atom. The Kier molecular flexibility index (Phi) is 4.86. The number of hydrogen-bond donors (Lipinski definition) is 1. The number of benzene rings is 2. The van der Waals surface area contributed by atoms with Crippen LogP contribution in [0.15, 0.2) is 48.5 Å². The van der Waals surface area contributed by atoms with Crippen LogP contribution in [0, 0.1) is 5.92 Å². The van der Waals surface area contributed by atoms with Gasteiger partial charge in [0.2, 0.25) is 0 Å². The van der Waals surface area contributed by atoms with Crippen LogP contribution < -0.4 is 10.2 Å². The molecule has 2 heterocycles. The summed E-state index contributed by atoms with van der Waals surface area (Å²) in [5.41, 5.74) is 5.23. The molecule has 130 valence electrons. The molecule has 1 N–H and O–H groups in total. The lowest BCUT2D eigenvalue weighted by Gasteiger charge is -2.33. The molecule has 0 spiro atoms. The average molecular weight is 333 g/mol. The molecular formula is C22H27N3. The Bertz CT molecular complexity index is 697. The quantitative estimate of drug-likeness (QED) is 0.917. The first-order valence-electron chi connectivity index (χ1n) is 9.38. The van der Waals surface area contributed by atoms with Crippen LogP contribution in [-0.4, -0.2) is 44.2 Å². The molecule has 1 saturated heterocycles. The fourth-order valence-electron chi connectivity index (χ4n) is 3.96. The Morgan fingerprint density at radius 3 is 2.00 bits per heavy atom. The first-order valence-corrected chi connectivity index (χ1v) is 9.38. The molecule has 3 heteroatoms. The normalized spacial score (nSPS) is 18.4. The summed E-state index contributed by atoms with van der Waals surface area (Å²) in [6, 6.07) is 17.5. The molecule has 1 unspecified atom stereocenters. The van der Waals surface area contributed by atoms with Crippen LogP contribution in [0.25, 0.3) is 12.2 Å². The van der Waals surface area contributed by atoms with Gasteiger partial charge in [-0.05, 0) is 29.2 Å². The van der Waals surface area contributed by atoms with Crippen molar-refractivity contribution >= 4 is 23.5 Å². The summed E-state index contributed by atoms with van der Waals surface area (Å²) >= 11 is 0. The van der Waals surface area contributed by atoms with Crippen LogP contribution in [0.3, 0.4) is 0 Å². The van der Waals surface area contributed by atoms with Crippen LogP contribution >= 0.6 is 0 Å². The van der Waals surface area contributed by atoms with Gasteiger partial charge in [-0.3, -0.25) is 0 Å². The van der Waals surface area contributed by atoms with Crippen molar-refractivity contribution in [2.24, 2.45) is 5.92 Å². The second-order valence-electron chi connectivity index (χ2n) is 7.22. The van der Waals surface area contributed by atoms with E-state index in [1.54, 1.807) is 0 Å². The van der Waals surface area contributed by atoms with E-state index in [4.69, 9.17) is 0 Å². The topological polar surface area (TPSA) is 18.5 Å². The Morgan fingerprint density at radius 1 is 0.840 bits per heavy atom. The predicted molar refractivity (Wildman–Crippen MR) is 107 cm³/mol. The predicted octanol–water partition coefficient (Wildman–Crippen LogP) is 3.85. The number of para-hydroxylation sites is 2. The van der Waals surface area contributed by atoms with Gasteiger partial charge in [-0.2, -0.15) is 0 Å². The minimum Gasteiger partial charge on any atom is -0.340 e. The van der Waals surface area contributed by atoms with Crippen molar-refractivity contribution in [1.82, 2.24) is 10.2 Å². The lowest BCUT2D eigenvalue weighted by atomic mass is 10.1. The first kappa shape index (κ1) is 16.4. The maximum absolute atomic E-state index is 3.44. The SMILES string of the molecule is CC(CN1CCNCC1)CN1c2ccccc2C=Cc2ccccc21. The van der Waals surface area contributed by atoms with Crippen LogP contribution in [0.2, 0.25) is 0 Å². The number of hydrogen-bond acceptors (Lipinski definition) is 3. The standard InChI is InChI=1S/C22H27N3/c1-18(16-24-14-12-23-13-15-24)17-25-21-8-4-2-6-19(21)10-11-20-7-3-5-9-22(20)25/h2-11,18,23H,12-17H2,1H3. The lowest BCUT2D eigenvalue weighted by Crippen LogP contribution is -2.46. The summed E-state index contributed by atoms with van der Waals surface area (Å²) in [6.45, 7) is 9.15. The molecule has 1 fully saturated rings. The van der Waals surface area contributed by atoms with Crippen molar-refractivity contribution in [3.05, 3.63) is 59.7 Å². The van der Waals surface area contributed by atoms with Crippen LogP contribution in [0.4, 0.5) is 11.4 Å². The lowest BCUT2D eigenvalue weighted by molar-refractivity contribution is 0.213. The summed E-state index contributed by atoms with van der Waals surface area (Å²) in [5, 5.41) is 3.44. The molecule has 1 atom stereocenters. The van der Waals surface area contributed by atoms with E-state index in [1.807, 2.05) is 0 Å². The molecule has 25 heavy (non-hydrogen) atoms. The van der Waals surface area contributed by atoms with Crippen LogP contribution in [0.5, 0.6) is 0 Å². The zero-order valence-electron chi connectivity index (χ0n) is 15.0. The largest absolute Gasteiger partial charge is 0.340 e. The van der Waals surface area contributed by atoms with Gasteiger partial charge < -0.3 is 15.1 Å². The molecule has 0 aromatic heterocycles. The summed E-state index contributed by atoms with van der Waals surface area (Å²) in [7, 11) is 0. The molecule has 0 saturated carbocycles. The zero-order valence-corrected chi connectivity index (χ0v) is 15.0. The van der Waals surface area contributed by atoms with Crippen molar-refractivity contribution < 1.29 is 0 Å². The van der Waals surface area contributed by atoms with Gasteiger partial charge in [0, 0.05) is 50.6 Å². The van der Waals surface area contributed by atoms with Crippen molar-refractivity contribution in [3.8, 4) is 0 Å². The highest BCUT2D eigenvalue weighted by atomic mass is 15.2. The van der Waals surface area contributed by atoms with Gasteiger partial charge >= 0.3 is 0 Å². The first-order chi connectivity index (χ1) is 12.3. The molecule has 4 rings (SSSR count). The Balaban J connectivity index is 1.60. The van der Waals surface area contributed by atoms with E-state index >= 15 is 0 Å². The number of nitrogens with zero attached hydrogens (tertiary/aromatic N) is 2. The number of fused-ring (bicyclic) bond motifs is 2. The third-order valence-electron chi connectivity index (χ3n) is 5.17. The smallest absolute Gasteiger partial charge is 0.0484 e. The van der Waals surface area contributed by atoms with Gasteiger partial charge in [0.05, 0.1) is 0 Å². The van der Waals surface area contributed by atoms with Crippen molar-refractivity contribution in [1.29, 1.82) is 0 Å². The summed E-state index contributed by atoms with van der Waals surface area (Å²) in [4.78, 5) is 5.10. The third-order valence-corrected chi connectivity index (χ3v) is 5.17. The Labute approximate surface area is 151 Å². The molecule has 2 aliphatic rings. The highest BCUT2D eigenvalue weighted by molar-refractivity contribution is 5.88. The van der Waals surface area contributed by atoms with Crippen molar-refractivity contribution in [2.75, 3.05) is 44.2 Å². The van der Waals surface area contributed by atoms with E-state index in [2.05, 4.69) is 82.7 Å². The van der Waals surface area contributed by atoms with Crippen molar-refractivity contribution in [3.63, 3.8) is 0 Å². The van der Waals surface area contributed by atoms with Gasteiger partial charge in [-0.1, -0.05) is 55.5 Å². The molecule has 0 radical (unpaired) electrons. The third kappa shape index (κ3) is 3.63. The monoisotopic (exact) mass is 333 g/mol. The van der Waals surface area contributed by atoms with Crippen LogP contribution in [-0.2, 0) is 0 Å². The number of anilines is 2. The highest BCUT2D eigenvalue weighted by Gasteiger charge is 2.21. The number of nitrogens with one attached hydrogen (secondary N) is 1. The minimum atomic E-state index is 0.609. The molecule has 2 aromatic rings. The fraction of sp³-hybridized carbons (Fsp3) is 0.364. The fourth-order valence-corrected chi connectivity index (χ4v) is 3.96. The molecule has 0 amide bonds. The average Bonchev–Trinajstić information content (AvgIpc) is 2.80. The Hall–Kier alpha value is -2.10. The molecular weight excluding hydrogens is 306 g/mol. The highest BCUT2D eigenvalue weighted by Crippen LogP contribution is 2.36. The second kappa shape index (κ2) is 7.42. The molecule has 0 bridgehead atoms. The van der Waals surface area contributed by atoms with E-state index < -0.39 is 0 Å². The van der Waals surface area contributed by atoms with E-state index in [0.717, 1.165) is 26.2 Å². The van der Waals surface area contributed by atoms with E-state index in [1.165, 1.54) is 35.6 Å². The molecule has 2 aliphatic heterocycles.